The highest BCUT2D eigenvalue weighted by atomic mass is 15.0. The molecule has 0 N–H and O–H groups in total. The highest BCUT2D eigenvalue weighted by Gasteiger charge is 2.45. The molecule has 52 heavy (non-hydrogen) atoms. The second kappa shape index (κ2) is 13.1. The Hall–Kier alpha value is -5.66. The number of nitrogens with zero attached hydrogens (tertiary/aromatic N) is 4. The lowest BCUT2D eigenvalue weighted by atomic mass is 9.54. The lowest BCUT2D eigenvalue weighted by Gasteiger charge is -2.51. The summed E-state index contributed by atoms with van der Waals surface area (Å²) in [6, 6.07) is 47.0. The van der Waals surface area contributed by atoms with E-state index in [2.05, 4.69) is 92.7 Å². The first-order valence-corrected chi connectivity index (χ1v) is 18.9. The normalized spacial score (nSPS) is 21.2. The molecule has 1 heterocycles. The van der Waals surface area contributed by atoms with Gasteiger partial charge in [-0.1, -0.05) is 117 Å². The molecule has 1 unspecified atom stereocenters. The van der Waals surface area contributed by atoms with Crippen molar-refractivity contribution in [2.45, 2.75) is 57.8 Å². The first-order valence-electron chi connectivity index (χ1n) is 18.9. The molecular weight excluding hydrogens is 633 g/mol. The van der Waals surface area contributed by atoms with E-state index in [1.807, 2.05) is 48.5 Å². The maximum absolute atomic E-state index is 9.65. The fraction of sp³-hybridized carbons (Fsp3) is 0.250. The molecular formula is C48H42N4. The first kappa shape index (κ1) is 32.3. The van der Waals surface area contributed by atoms with Crippen LogP contribution in [0.25, 0.3) is 66.8 Å². The van der Waals surface area contributed by atoms with E-state index in [4.69, 9.17) is 15.0 Å². The molecule has 2 saturated carbocycles. The van der Waals surface area contributed by atoms with E-state index in [9.17, 15) is 5.26 Å². The van der Waals surface area contributed by atoms with Gasteiger partial charge in [0.25, 0.3) is 0 Å². The molecule has 7 aromatic rings. The van der Waals surface area contributed by atoms with Crippen molar-refractivity contribution in [2.75, 3.05) is 0 Å². The zero-order chi connectivity index (χ0) is 35.2. The molecule has 4 heteroatoms. The molecule has 0 saturated heterocycles. The van der Waals surface area contributed by atoms with Crippen LogP contribution in [0.4, 0.5) is 0 Å². The molecule has 2 bridgehead atoms. The summed E-state index contributed by atoms with van der Waals surface area (Å²) in [6.45, 7) is 4.86. The fourth-order valence-corrected chi connectivity index (χ4v) is 9.71. The summed E-state index contributed by atoms with van der Waals surface area (Å²) >= 11 is 0. The van der Waals surface area contributed by atoms with Crippen LogP contribution >= 0.6 is 0 Å². The van der Waals surface area contributed by atoms with Gasteiger partial charge >= 0.3 is 0 Å². The molecule has 1 aromatic heterocycles. The third kappa shape index (κ3) is 5.85. The smallest absolute Gasteiger partial charge is 0.164 e. The first-order chi connectivity index (χ1) is 25.5. The molecule has 0 aliphatic heterocycles. The van der Waals surface area contributed by atoms with E-state index < -0.39 is 0 Å². The summed E-state index contributed by atoms with van der Waals surface area (Å²) in [4.78, 5) is 15.1. The summed E-state index contributed by atoms with van der Waals surface area (Å²) in [6.07, 6.45) is 8.07. The van der Waals surface area contributed by atoms with Gasteiger partial charge in [0, 0.05) is 16.7 Å². The zero-order valence-electron chi connectivity index (χ0n) is 29.9. The van der Waals surface area contributed by atoms with Gasteiger partial charge in [0.05, 0.1) is 11.6 Å². The molecule has 0 spiro atoms. The van der Waals surface area contributed by atoms with Gasteiger partial charge in [0.2, 0.25) is 0 Å². The van der Waals surface area contributed by atoms with Crippen LogP contribution < -0.4 is 0 Å². The predicted octanol–water partition coefficient (Wildman–Crippen LogP) is 12.2. The monoisotopic (exact) mass is 674 g/mol. The van der Waals surface area contributed by atoms with Gasteiger partial charge in [0.15, 0.2) is 17.5 Å². The van der Waals surface area contributed by atoms with Crippen LogP contribution in [0.15, 0.2) is 127 Å². The Bertz CT molecular complexity index is 2470. The lowest BCUT2D eigenvalue weighted by Crippen LogP contribution is -2.42. The zero-order valence-corrected chi connectivity index (χ0v) is 29.9. The van der Waals surface area contributed by atoms with Crippen molar-refractivity contribution in [3.8, 4) is 51.4 Å². The maximum Gasteiger partial charge on any atom is 0.164 e. The number of rotatable bonds is 6. The minimum Gasteiger partial charge on any atom is -0.208 e. The Labute approximate surface area is 306 Å². The van der Waals surface area contributed by atoms with Crippen LogP contribution in [0.3, 0.4) is 0 Å². The third-order valence-electron chi connectivity index (χ3n) is 11.9. The van der Waals surface area contributed by atoms with E-state index >= 15 is 0 Å². The number of hydrogen-bond acceptors (Lipinski definition) is 4. The molecule has 0 amide bonds. The Morgan fingerprint density at radius 2 is 1.27 bits per heavy atom. The Kier molecular flexibility index (Phi) is 8.16. The third-order valence-corrected chi connectivity index (χ3v) is 11.9. The number of nitriles is 1. The standard InChI is InChI=1S/C48H42N4/c1-3-32-23-34-22-31(2)27-48(28-32,29-34)40-18-16-35(17-19-40)41-20-21-42(44-26-38-14-8-7-13-37(38)25-43(41)44)47-51-45(36-11-5-4-6-12-36)50-46(52-47)39-15-9-10-33(24-39)30-49/h4-21,24-26,31-32,34H,3,22-23,27-29H2,1-2H3/t31-,32+,34-,48?/m0/s1. The van der Waals surface area contributed by atoms with Crippen molar-refractivity contribution < 1.29 is 0 Å². The Balaban J connectivity index is 1.20. The molecule has 9 rings (SSSR count). The fourth-order valence-electron chi connectivity index (χ4n) is 9.71. The molecule has 0 radical (unpaired) electrons. The number of aromatic nitrogens is 3. The Morgan fingerprint density at radius 3 is 2.00 bits per heavy atom. The molecule has 4 atom stereocenters. The van der Waals surface area contributed by atoms with Gasteiger partial charge < -0.3 is 0 Å². The minimum absolute atomic E-state index is 0.307. The molecule has 6 aromatic carbocycles. The largest absolute Gasteiger partial charge is 0.208 e. The van der Waals surface area contributed by atoms with Crippen LogP contribution in [0.1, 0.15) is 63.5 Å². The van der Waals surface area contributed by atoms with Gasteiger partial charge in [-0.05, 0) is 124 Å². The van der Waals surface area contributed by atoms with Crippen LogP contribution in [0.2, 0.25) is 0 Å². The van der Waals surface area contributed by atoms with Crippen molar-refractivity contribution in [1.82, 2.24) is 15.0 Å². The average Bonchev–Trinajstić information content (AvgIpc) is 3.19. The highest BCUT2D eigenvalue weighted by molar-refractivity contribution is 6.10. The molecule has 4 nitrogen and oxygen atoms in total. The van der Waals surface area contributed by atoms with E-state index in [1.54, 1.807) is 6.07 Å². The van der Waals surface area contributed by atoms with Crippen LogP contribution in [0, 0.1) is 29.1 Å². The molecule has 2 fully saturated rings. The van der Waals surface area contributed by atoms with Crippen molar-refractivity contribution in [1.29, 1.82) is 5.26 Å². The average molecular weight is 675 g/mol. The number of fused-ring (bicyclic) bond motifs is 4. The molecule has 2 aliphatic carbocycles. The van der Waals surface area contributed by atoms with Crippen molar-refractivity contribution >= 4 is 21.5 Å². The van der Waals surface area contributed by atoms with Crippen LogP contribution in [0.5, 0.6) is 0 Å². The summed E-state index contributed by atoms with van der Waals surface area (Å²) in [5.41, 5.74) is 7.49. The van der Waals surface area contributed by atoms with Crippen LogP contribution in [-0.2, 0) is 5.41 Å². The second-order valence-electron chi connectivity index (χ2n) is 15.5. The van der Waals surface area contributed by atoms with Gasteiger partial charge in [0.1, 0.15) is 0 Å². The number of hydrogen-bond donors (Lipinski definition) is 0. The topological polar surface area (TPSA) is 62.5 Å². The minimum atomic E-state index is 0.307. The highest BCUT2D eigenvalue weighted by Crippen LogP contribution is 2.55. The van der Waals surface area contributed by atoms with Crippen molar-refractivity contribution in [2.24, 2.45) is 17.8 Å². The van der Waals surface area contributed by atoms with Crippen molar-refractivity contribution in [3.63, 3.8) is 0 Å². The summed E-state index contributed by atoms with van der Waals surface area (Å²) in [5, 5.41) is 14.3. The molecule has 2 aliphatic rings. The van der Waals surface area contributed by atoms with E-state index in [0.717, 1.165) is 39.8 Å². The summed E-state index contributed by atoms with van der Waals surface area (Å²) in [7, 11) is 0. The second-order valence-corrected chi connectivity index (χ2v) is 15.5. The SMILES string of the molecule is CC[C@@H]1C[C@@H]2C[C@H](C)CC(c3ccc(-c4ccc(-c5nc(-c6ccccc6)nc(-c6cccc(C#N)c6)n5)c5cc6ccccc6cc45)cc3)(C1)C2. The summed E-state index contributed by atoms with van der Waals surface area (Å²) < 4.78 is 0. The summed E-state index contributed by atoms with van der Waals surface area (Å²) in [5.74, 6) is 4.24. The van der Waals surface area contributed by atoms with E-state index in [0.29, 0.717) is 28.5 Å². The Morgan fingerprint density at radius 1 is 0.615 bits per heavy atom. The maximum atomic E-state index is 9.65. The quantitative estimate of drug-likeness (QED) is 0.165. The lowest BCUT2D eigenvalue weighted by molar-refractivity contribution is 0.0702. The number of benzene rings is 6. The van der Waals surface area contributed by atoms with E-state index in [-0.39, 0.29) is 0 Å². The van der Waals surface area contributed by atoms with Gasteiger partial charge in [-0.3, -0.25) is 0 Å². The predicted molar refractivity (Wildman–Crippen MR) is 212 cm³/mol. The van der Waals surface area contributed by atoms with Gasteiger partial charge in [-0.2, -0.15) is 5.26 Å². The van der Waals surface area contributed by atoms with Crippen molar-refractivity contribution in [3.05, 3.63) is 139 Å². The molecule has 254 valence electrons. The van der Waals surface area contributed by atoms with Gasteiger partial charge in [-0.25, -0.2) is 15.0 Å². The van der Waals surface area contributed by atoms with Crippen LogP contribution in [-0.4, -0.2) is 15.0 Å². The van der Waals surface area contributed by atoms with Gasteiger partial charge in [-0.15, -0.1) is 0 Å². The van der Waals surface area contributed by atoms with E-state index in [1.165, 1.54) is 71.4 Å².